The number of amides is 1. The Labute approximate surface area is 171 Å². The van der Waals surface area contributed by atoms with Crippen molar-refractivity contribution in [2.75, 3.05) is 6.61 Å². The summed E-state index contributed by atoms with van der Waals surface area (Å²) < 4.78 is 46.4. The van der Waals surface area contributed by atoms with Crippen LogP contribution in [0.1, 0.15) is 16.1 Å². The molecule has 8 nitrogen and oxygen atoms in total. The summed E-state index contributed by atoms with van der Waals surface area (Å²) in [6.07, 6.45) is 0. The molecule has 2 aromatic carbocycles. The first-order valence-corrected chi connectivity index (χ1v) is 10.2. The van der Waals surface area contributed by atoms with Gasteiger partial charge in [-0.2, -0.15) is 0 Å². The van der Waals surface area contributed by atoms with Gasteiger partial charge in [0.15, 0.2) is 6.61 Å². The standard InChI is InChI=1S/C20H17FN2O6S/c21-16-4-2-1-3-15(16)17-9-10-18(29-17)20(25)28-12-19(24)23-11-13-5-7-14(8-6-13)30(22,26)27/h1-10H,11-12H2,(H,23,24)(H2,22,26,27). The minimum absolute atomic E-state index is 0.0419. The van der Waals surface area contributed by atoms with Crippen LogP contribution >= 0.6 is 0 Å². The number of hydrogen-bond acceptors (Lipinski definition) is 6. The van der Waals surface area contributed by atoms with E-state index in [-0.39, 0.29) is 28.5 Å². The number of ether oxygens (including phenoxy) is 1. The molecule has 3 aromatic rings. The highest BCUT2D eigenvalue weighted by Crippen LogP contribution is 2.25. The number of nitrogens with one attached hydrogen (secondary N) is 1. The molecule has 0 saturated carbocycles. The summed E-state index contributed by atoms with van der Waals surface area (Å²) in [6, 6.07) is 14.3. The summed E-state index contributed by atoms with van der Waals surface area (Å²) in [6.45, 7) is -0.455. The molecular formula is C20H17FN2O6S. The topological polar surface area (TPSA) is 129 Å². The van der Waals surface area contributed by atoms with Crippen LogP contribution in [0, 0.1) is 5.82 Å². The van der Waals surface area contributed by atoms with E-state index in [1.54, 1.807) is 6.07 Å². The fourth-order valence-corrected chi connectivity index (χ4v) is 3.02. The van der Waals surface area contributed by atoms with E-state index in [9.17, 15) is 22.4 Å². The summed E-state index contributed by atoms with van der Waals surface area (Å²) in [5, 5.41) is 7.54. The zero-order valence-corrected chi connectivity index (χ0v) is 16.3. The lowest BCUT2D eigenvalue weighted by Gasteiger charge is -2.06. The van der Waals surface area contributed by atoms with Crippen LogP contribution in [0.25, 0.3) is 11.3 Å². The van der Waals surface area contributed by atoms with Crippen LogP contribution in [0.3, 0.4) is 0 Å². The predicted molar refractivity (Wildman–Crippen MR) is 104 cm³/mol. The third-order valence-electron chi connectivity index (χ3n) is 4.02. The molecule has 1 amide bonds. The van der Waals surface area contributed by atoms with Gasteiger partial charge in [0.05, 0.1) is 10.5 Å². The molecule has 0 bridgehead atoms. The Morgan fingerprint density at radius 2 is 1.73 bits per heavy atom. The fraction of sp³-hybridized carbons (Fsp3) is 0.100. The minimum Gasteiger partial charge on any atom is -0.450 e. The van der Waals surface area contributed by atoms with Crippen molar-refractivity contribution in [3.63, 3.8) is 0 Å². The lowest BCUT2D eigenvalue weighted by molar-refractivity contribution is -0.124. The van der Waals surface area contributed by atoms with E-state index in [2.05, 4.69) is 5.32 Å². The van der Waals surface area contributed by atoms with Gasteiger partial charge in [0.2, 0.25) is 15.8 Å². The number of carbonyl (C=O) groups excluding carboxylic acids is 2. The highest BCUT2D eigenvalue weighted by Gasteiger charge is 2.17. The second kappa shape index (κ2) is 8.89. The van der Waals surface area contributed by atoms with Gasteiger partial charge in [0, 0.05) is 6.54 Å². The fourth-order valence-electron chi connectivity index (χ4n) is 2.50. The molecule has 0 aliphatic carbocycles. The van der Waals surface area contributed by atoms with Crippen molar-refractivity contribution in [2.24, 2.45) is 5.14 Å². The molecule has 0 fully saturated rings. The lowest BCUT2D eigenvalue weighted by Crippen LogP contribution is -2.28. The largest absolute Gasteiger partial charge is 0.450 e. The van der Waals surface area contributed by atoms with Crippen LogP contribution in [0.4, 0.5) is 4.39 Å². The van der Waals surface area contributed by atoms with Crippen molar-refractivity contribution in [1.82, 2.24) is 5.32 Å². The molecule has 1 aromatic heterocycles. The molecule has 0 spiro atoms. The van der Waals surface area contributed by atoms with Crippen LogP contribution < -0.4 is 10.5 Å². The number of furan rings is 1. The van der Waals surface area contributed by atoms with Crippen molar-refractivity contribution in [3.8, 4) is 11.3 Å². The Balaban J connectivity index is 1.50. The molecule has 3 N–H and O–H groups in total. The van der Waals surface area contributed by atoms with E-state index in [0.29, 0.717) is 5.56 Å². The van der Waals surface area contributed by atoms with Gasteiger partial charge in [-0.25, -0.2) is 22.7 Å². The zero-order valence-electron chi connectivity index (χ0n) is 15.5. The van der Waals surface area contributed by atoms with Gasteiger partial charge in [-0.1, -0.05) is 24.3 Å². The van der Waals surface area contributed by atoms with Crippen molar-refractivity contribution < 1.29 is 31.6 Å². The van der Waals surface area contributed by atoms with Crippen molar-refractivity contribution in [1.29, 1.82) is 0 Å². The van der Waals surface area contributed by atoms with Crippen LogP contribution in [0.15, 0.2) is 70.0 Å². The van der Waals surface area contributed by atoms with E-state index in [4.69, 9.17) is 14.3 Å². The van der Waals surface area contributed by atoms with Gasteiger partial charge < -0.3 is 14.5 Å². The summed E-state index contributed by atoms with van der Waals surface area (Å²) in [7, 11) is -3.79. The van der Waals surface area contributed by atoms with E-state index in [0.717, 1.165) is 0 Å². The van der Waals surface area contributed by atoms with Gasteiger partial charge in [-0.15, -0.1) is 0 Å². The minimum atomic E-state index is -3.79. The average molecular weight is 432 g/mol. The molecule has 156 valence electrons. The highest BCUT2D eigenvalue weighted by atomic mass is 32.2. The Bertz CT molecular complexity index is 1170. The zero-order chi connectivity index (χ0) is 21.7. The third kappa shape index (κ3) is 5.31. The molecule has 30 heavy (non-hydrogen) atoms. The molecule has 0 saturated heterocycles. The maximum absolute atomic E-state index is 13.8. The van der Waals surface area contributed by atoms with Gasteiger partial charge in [-0.3, -0.25) is 4.79 Å². The molecule has 0 unspecified atom stereocenters. The maximum Gasteiger partial charge on any atom is 0.374 e. The molecule has 10 heteroatoms. The third-order valence-corrected chi connectivity index (χ3v) is 4.95. The van der Waals surface area contributed by atoms with Crippen LogP contribution in [0.2, 0.25) is 0 Å². The molecule has 0 aliphatic rings. The first-order chi connectivity index (χ1) is 14.2. The molecule has 1 heterocycles. The average Bonchev–Trinajstić information content (AvgIpc) is 3.20. The van der Waals surface area contributed by atoms with Crippen molar-refractivity contribution >= 4 is 21.9 Å². The molecule has 3 rings (SSSR count). The van der Waals surface area contributed by atoms with E-state index >= 15 is 0 Å². The number of rotatable bonds is 7. The number of benzene rings is 2. The van der Waals surface area contributed by atoms with E-state index in [1.807, 2.05) is 0 Å². The quantitative estimate of drug-likeness (QED) is 0.551. The SMILES string of the molecule is NS(=O)(=O)c1ccc(CNC(=O)COC(=O)c2ccc(-c3ccccc3F)o2)cc1. The Morgan fingerprint density at radius 1 is 1.03 bits per heavy atom. The number of nitrogens with two attached hydrogens (primary N) is 1. The lowest BCUT2D eigenvalue weighted by atomic mass is 10.1. The molecule has 0 radical (unpaired) electrons. The van der Waals surface area contributed by atoms with Gasteiger partial charge >= 0.3 is 5.97 Å². The second-order valence-corrected chi connectivity index (χ2v) is 7.75. The molecular weight excluding hydrogens is 415 g/mol. The summed E-state index contributed by atoms with van der Waals surface area (Å²) in [5.74, 6) is -1.94. The van der Waals surface area contributed by atoms with Gasteiger partial charge in [0.25, 0.3) is 5.91 Å². The Hall–Kier alpha value is -3.50. The van der Waals surface area contributed by atoms with Crippen molar-refractivity contribution in [2.45, 2.75) is 11.4 Å². The maximum atomic E-state index is 13.8. The smallest absolute Gasteiger partial charge is 0.374 e. The number of hydrogen-bond donors (Lipinski definition) is 2. The number of esters is 1. The molecule has 0 atom stereocenters. The van der Waals surface area contributed by atoms with E-state index in [1.165, 1.54) is 54.6 Å². The summed E-state index contributed by atoms with van der Waals surface area (Å²) in [5.41, 5.74) is 0.824. The van der Waals surface area contributed by atoms with Crippen LogP contribution in [0.5, 0.6) is 0 Å². The Morgan fingerprint density at radius 3 is 2.40 bits per heavy atom. The van der Waals surface area contributed by atoms with Crippen LogP contribution in [-0.2, 0) is 26.1 Å². The highest BCUT2D eigenvalue weighted by molar-refractivity contribution is 7.89. The Kier molecular flexibility index (Phi) is 6.28. The molecule has 0 aliphatic heterocycles. The second-order valence-electron chi connectivity index (χ2n) is 6.19. The number of sulfonamides is 1. The monoisotopic (exact) mass is 432 g/mol. The predicted octanol–water partition coefficient (Wildman–Crippen LogP) is 2.21. The number of halogens is 1. The van der Waals surface area contributed by atoms with Gasteiger partial charge in [-0.05, 0) is 42.0 Å². The van der Waals surface area contributed by atoms with E-state index < -0.39 is 34.3 Å². The van der Waals surface area contributed by atoms with Crippen molar-refractivity contribution in [3.05, 3.63) is 77.8 Å². The summed E-state index contributed by atoms with van der Waals surface area (Å²) >= 11 is 0. The number of primary sulfonamides is 1. The van der Waals surface area contributed by atoms with Crippen LogP contribution in [-0.4, -0.2) is 26.9 Å². The number of carbonyl (C=O) groups is 2. The summed E-state index contributed by atoms with van der Waals surface area (Å²) in [4.78, 5) is 23.8. The first-order valence-electron chi connectivity index (χ1n) is 8.64. The first kappa shape index (κ1) is 21.2. The normalized spacial score (nSPS) is 11.1. The van der Waals surface area contributed by atoms with Gasteiger partial charge in [0.1, 0.15) is 11.6 Å².